The van der Waals surface area contributed by atoms with Crippen LogP contribution in [-0.4, -0.2) is 29.0 Å². The molecule has 2 amide bonds. The lowest BCUT2D eigenvalue weighted by atomic mass is 9.77. The third-order valence-corrected chi connectivity index (χ3v) is 7.42. The Kier molecular flexibility index (Phi) is 4.99. The van der Waals surface area contributed by atoms with Gasteiger partial charge in [0.25, 0.3) is 0 Å². The van der Waals surface area contributed by atoms with Crippen LogP contribution in [0.1, 0.15) is 37.9 Å². The topological polar surface area (TPSA) is 80.8 Å². The van der Waals surface area contributed by atoms with E-state index in [1.165, 1.54) is 12.1 Å². The maximum Gasteiger partial charge on any atom is 0.416 e. The molecule has 2 heterocycles. The Morgan fingerprint density at radius 1 is 0.784 bits per heavy atom. The summed E-state index contributed by atoms with van der Waals surface area (Å²) in [7, 11) is 0. The van der Waals surface area contributed by atoms with Crippen molar-refractivity contribution in [3.05, 3.63) is 100 Å². The van der Waals surface area contributed by atoms with Gasteiger partial charge in [-0.05, 0) is 42.0 Å². The number of halogens is 4. The molecule has 2 aliphatic heterocycles. The molecular weight excluding hydrogens is 511 g/mol. The van der Waals surface area contributed by atoms with E-state index in [1.54, 1.807) is 36.4 Å². The number of carbonyl (C=O) groups excluding carboxylic acids is 4. The first kappa shape index (κ1) is 23.6. The summed E-state index contributed by atoms with van der Waals surface area (Å²) in [6.45, 7) is 0. The Labute approximate surface area is 212 Å². The SMILES string of the molecule is O=C1[C@H]2[C@@H](C(=O)N1c1ccc(C(F)(F)F)cc1)C1(O[C@H]2c2ccc(Cl)cc2)C(=O)c2ccccc2C1=O. The van der Waals surface area contributed by atoms with Crippen LogP contribution in [0.4, 0.5) is 18.9 Å². The van der Waals surface area contributed by atoms with Crippen molar-refractivity contribution in [2.24, 2.45) is 11.8 Å². The van der Waals surface area contributed by atoms with Crippen molar-refractivity contribution in [3.8, 4) is 0 Å². The summed E-state index contributed by atoms with van der Waals surface area (Å²) < 4.78 is 45.4. The number of amides is 2. The number of rotatable bonds is 2. The van der Waals surface area contributed by atoms with Crippen molar-refractivity contribution in [3.63, 3.8) is 0 Å². The molecule has 3 aromatic rings. The predicted octanol–water partition coefficient (Wildman–Crippen LogP) is 5.05. The minimum atomic E-state index is -4.61. The first-order valence-corrected chi connectivity index (χ1v) is 11.6. The number of anilines is 1. The predicted molar refractivity (Wildman–Crippen MR) is 124 cm³/mol. The molecule has 0 aromatic heterocycles. The number of fused-ring (bicyclic) bond motifs is 3. The molecule has 6 nitrogen and oxygen atoms in total. The first-order chi connectivity index (χ1) is 17.6. The van der Waals surface area contributed by atoms with E-state index in [-0.39, 0.29) is 16.8 Å². The number of carbonyl (C=O) groups is 4. The Morgan fingerprint density at radius 2 is 1.35 bits per heavy atom. The summed E-state index contributed by atoms with van der Waals surface area (Å²) >= 11 is 6.00. The van der Waals surface area contributed by atoms with Crippen LogP contribution in [0, 0.1) is 11.8 Å². The lowest BCUT2D eigenvalue weighted by Crippen LogP contribution is -2.51. The minimum absolute atomic E-state index is 0.0798. The van der Waals surface area contributed by atoms with Crippen LogP contribution >= 0.6 is 11.6 Å². The Morgan fingerprint density at radius 3 is 1.89 bits per heavy atom. The van der Waals surface area contributed by atoms with E-state index in [1.807, 2.05) is 0 Å². The summed E-state index contributed by atoms with van der Waals surface area (Å²) in [6.07, 6.45) is -5.76. The number of hydrogen-bond donors (Lipinski definition) is 0. The van der Waals surface area contributed by atoms with Gasteiger partial charge in [0.1, 0.15) is 0 Å². The Hall–Kier alpha value is -3.82. The van der Waals surface area contributed by atoms with Gasteiger partial charge in [0.05, 0.1) is 29.2 Å². The number of ether oxygens (including phenoxy) is 1. The van der Waals surface area contributed by atoms with Gasteiger partial charge in [0.2, 0.25) is 29.0 Å². The number of Topliss-reactive ketones (excluding diaryl/α,β-unsaturated/α-hetero) is 2. The standard InChI is InChI=1S/C27H15ClF3NO5/c28-15-9-5-13(6-10-15)21-19-20(26(37-21)22(33)17-3-1-2-4-18(17)23(26)34)25(36)32(24(19)35)16-11-7-14(8-12-16)27(29,30)31/h1-12,19-21H/t19-,20-,21-/m0/s1. The normalized spacial score (nSPS) is 24.2. The molecular formula is C27H15ClF3NO5. The number of nitrogens with zero attached hydrogens (tertiary/aromatic N) is 1. The van der Waals surface area contributed by atoms with Gasteiger partial charge in [-0.1, -0.05) is 48.0 Å². The van der Waals surface area contributed by atoms with E-state index in [9.17, 15) is 32.3 Å². The van der Waals surface area contributed by atoms with Crippen LogP contribution in [0.3, 0.4) is 0 Å². The number of benzene rings is 3. The van der Waals surface area contributed by atoms with Crippen molar-refractivity contribution in [2.45, 2.75) is 17.9 Å². The summed E-state index contributed by atoms with van der Waals surface area (Å²) in [5.41, 5.74) is -2.74. The first-order valence-electron chi connectivity index (χ1n) is 11.2. The highest BCUT2D eigenvalue weighted by Crippen LogP contribution is 2.57. The largest absolute Gasteiger partial charge is 0.416 e. The van der Waals surface area contributed by atoms with Crippen LogP contribution in [0.25, 0.3) is 0 Å². The Balaban J connectivity index is 1.50. The number of alkyl halides is 3. The monoisotopic (exact) mass is 525 g/mol. The fourth-order valence-corrected chi connectivity index (χ4v) is 5.65. The fraction of sp³-hybridized carbons (Fsp3) is 0.185. The van der Waals surface area contributed by atoms with Crippen molar-refractivity contribution in [2.75, 3.05) is 4.90 Å². The number of imide groups is 1. The maximum atomic E-state index is 13.8. The highest BCUT2D eigenvalue weighted by atomic mass is 35.5. The van der Waals surface area contributed by atoms with Gasteiger partial charge in [0.15, 0.2) is 0 Å². The van der Waals surface area contributed by atoms with Crippen molar-refractivity contribution < 1.29 is 37.1 Å². The van der Waals surface area contributed by atoms with Crippen LogP contribution < -0.4 is 4.90 Å². The second-order valence-electron chi connectivity index (χ2n) is 9.09. The van der Waals surface area contributed by atoms with E-state index >= 15 is 0 Å². The molecule has 0 radical (unpaired) electrons. The molecule has 0 bridgehead atoms. The maximum absolute atomic E-state index is 13.8. The highest BCUT2D eigenvalue weighted by molar-refractivity contribution is 6.37. The lowest BCUT2D eigenvalue weighted by molar-refractivity contribution is -0.137. The molecule has 3 aromatic carbocycles. The quantitative estimate of drug-likeness (QED) is 0.345. The van der Waals surface area contributed by atoms with Gasteiger partial charge in [0, 0.05) is 16.1 Å². The van der Waals surface area contributed by atoms with Gasteiger partial charge >= 0.3 is 6.18 Å². The smallest absolute Gasteiger partial charge is 0.349 e. The van der Waals surface area contributed by atoms with E-state index < -0.39 is 58.7 Å². The van der Waals surface area contributed by atoms with Crippen LogP contribution in [0.5, 0.6) is 0 Å². The molecule has 1 spiro atoms. The molecule has 3 aliphatic rings. The molecule has 0 N–H and O–H groups in total. The van der Waals surface area contributed by atoms with Gasteiger partial charge in [-0.3, -0.25) is 19.2 Å². The van der Waals surface area contributed by atoms with E-state index in [2.05, 4.69) is 0 Å². The Bertz CT molecular complexity index is 1460. The van der Waals surface area contributed by atoms with Gasteiger partial charge in [-0.15, -0.1) is 0 Å². The fourth-order valence-electron chi connectivity index (χ4n) is 5.52. The van der Waals surface area contributed by atoms with Crippen LogP contribution in [0.2, 0.25) is 5.02 Å². The summed E-state index contributed by atoms with van der Waals surface area (Å²) in [4.78, 5) is 55.6. The summed E-state index contributed by atoms with van der Waals surface area (Å²) in [5.74, 6) is -5.89. The van der Waals surface area contributed by atoms with Crippen molar-refractivity contribution >= 4 is 40.7 Å². The van der Waals surface area contributed by atoms with Gasteiger partial charge in [-0.25, -0.2) is 4.90 Å². The molecule has 1 aliphatic carbocycles. The molecule has 6 rings (SSSR count). The zero-order valence-corrected chi connectivity index (χ0v) is 19.4. The third-order valence-electron chi connectivity index (χ3n) is 7.17. The molecule has 37 heavy (non-hydrogen) atoms. The zero-order valence-electron chi connectivity index (χ0n) is 18.7. The summed E-state index contributed by atoms with van der Waals surface area (Å²) in [6, 6.07) is 15.8. The molecule has 10 heteroatoms. The molecule has 3 atom stereocenters. The minimum Gasteiger partial charge on any atom is -0.349 e. The van der Waals surface area contributed by atoms with E-state index in [0.717, 1.165) is 29.2 Å². The van der Waals surface area contributed by atoms with Crippen LogP contribution in [0.15, 0.2) is 72.8 Å². The molecule has 0 unspecified atom stereocenters. The summed E-state index contributed by atoms with van der Waals surface area (Å²) in [5, 5.41) is 0.397. The zero-order chi connectivity index (χ0) is 26.3. The van der Waals surface area contributed by atoms with Gasteiger partial charge in [-0.2, -0.15) is 13.2 Å². The molecule has 2 fully saturated rings. The molecule has 0 saturated carbocycles. The van der Waals surface area contributed by atoms with E-state index in [4.69, 9.17) is 16.3 Å². The average molecular weight is 526 g/mol. The second-order valence-corrected chi connectivity index (χ2v) is 9.53. The van der Waals surface area contributed by atoms with E-state index in [0.29, 0.717) is 10.6 Å². The number of hydrogen-bond acceptors (Lipinski definition) is 5. The number of ketones is 2. The highest BCUT2D eigenvalue weighted by Gasteiger charge is 2.74. The van der Waals surface area contributed by atoms with Crippen molar-refractivity contribution in [1.82, 2.24) is 0 Å². The second kappa shape index (κ2) is 7.84. The molecule has 186 valence electrons. The lowest BCUT2D eigenvalue weighted by Gasteiger charge is -2.27. The van der Waals surface area contributed by atoms with Gasteiger partial charge < -0.3 is 4.74 Å². The third kappa shape index (κ3) is 3.17. The van der Waals surface area contributed by atoms with Crippen LogP contribution in [-0.2, 0) is 20.5 Å². The molecule has 2 saturated heterocycles. The average Bonchev–Trinajstić information content (AvgIpc) is 3.44. The van der Waals surface area contributed by atoms with Crippen molar-refractivity contribution in [1.29, 1.82) is 0 Å².